The van der Waals surface area contributed by atoms with Gasteiger partial charge < -0.3 is 10.4 Å². The predicted octanol–water partition coefficient (Wildman–Crippen LogP) is -1.06. The van der Waals surface area contributed by atoms with Crippen LogP contribution >= 0.6 is 12.6 Å². The fraction of sp³-hybridized carbons (Fsp3) is 0.750. The van der Waals surface area contributed by atoms with Gasteiger partial charge in [0.05, 0.1) is 0 Å². The van der Waals surface area contributed by atoms with Crippen molar-refractivity contribution in [2.45, 2.75) is 6.04 Å². The summed E-state index contributed by atoms with van der Waals surface area (Å²) in [4.78, 5) is 10.1. The van der Waals surface area contributed by atoms with Crippen LogP contribution in [0, 0.1) is 0 Å². The standard InChI is InChI=1S/C4H9NO2S.H2O4S/c1-5-3(2-8)4(6)7;1-5(2,3)4/h3,5,8H,2H2,1H3,(H,6,7);(H2,1,2,3,4). The Morgan fingerprint density at radius 2 is 1.85 bits per heavy atom. The van der Waals surface area contributed by atoms with Gasteiger partial charge in [-0.3, -0.25) is 13.9 Å². The molecule has 0 aliphatic heterocycles. The molecule has 13 heavy (non-hydrogen) atoms. The van der Waals surface area contributed by atoms with Gasteiger partial charge in [0.25, 0.3) is 0 Å². The normalized spacial score (nSPS) is 12.6. The Balaban J connectivity index is 0. The van der Waals surface area contributed by atoms with Crippen molar-refractivity contribution in [3.63, 3.8) is 0 Å². The summed E-state index contributed by atoms with van der Waals surface area (Å²) in [5.74, 6) is -0.534. The van der Waals surface area contributed by atoms with Crippen LogP contribution in [-0.2, 0) is 15.2 Å². The third kappa shape index (κ3) is 18.5. The number of aliphatic carboxylic acids is 1. The van der Waals surface area contributed by atoms with Gasteiger partial charge in [-0.25, -0.2) is 0 Å². The van der Waals surface area contributed by atoms with E-state index in [2.05, 4.69) is 17.9 Å². The summed E-state index contributed by atoms with van der Waals surface area (Å²) >= 11 is 3.79. The van der Waals surface area contributed by atoms with E-state index >= 15 is 0 Å². The first-order valence-corrected chi connectivity index (χ1v) is 4.96. The van der Waals surface area contributed by atoms with E-state index in [0.717, 1.165) is 0 Å². The van der Waals surface area contributed by atoms with E-state index in [0.29, 0.717) is 5.75 Å². The molecule has 0 radical (unpaired) electrons. The van der Waals surface area contributed by atoms with Crippen molar-refractivity contribution in [1.82, 2.24) is 5.32 Å². The van der Waals surface area contributed by atoms with Crippen molar-refractivity contribution in [1.29, 1.82) is 0 Å². The molecule has 0 rings (SSSR count). The monoisotopic (exact) mass is 233 g/mol. The van der Waals surface area contributed by atoms with Crippen molar-refractivity contribution < 1.29 is 27.4 Å². The van der Waals surface area contributed by atoms with Gasteiger partial charge in [0.15, 0.2) is 0 Å². The number of carboxylic acids is 1. The quantitative estimate of drug-likeness (QED) is 0.311. The van der Waals surface area contributed by atoms with Gasteiger partial charge in [0.2, 0.25) is 0 Å². The van der Waals surface area contributed by atoms with Crippen LogP contribution in [-0.4, -0.2) is 47.4 Å². The Morgan fingerprint density at radius 3 is 1.85 bits per heavy atom. The van der Waals surface area contributed by atoms with E-state index < -0.39 is 22.4 Å². The SMILES string of the molecule is CNC(CS)C(=O)O.O=S(=O)(O)O. The highest BCUT2D eigenvalue weighted by atomic mass is 32.3. The molecular formula is C4H11NO6S2. The summed E-state index contributed by atoms with van der Waals surface area (Å²) in [5, 5.41) is 10.8. The molecule has 1 unspecified atom stereocenters. The first-order valence-electron chi connectivity index (χ1n) is 2.93. The highest BCUT2D eigenvalue weighted by Gasteiger charge is 2.10. The molecule has 0 aromatic rings. The minimum absolute atomic E-state index is 0.325. The summed E-state index contributed by atoms with van der Waals surface area (Å²) in [5.41, 5.74) is 0. The average Bonchev–Trinajstić information content (AvgIpc) is 1.85. The van der Waals surface area contributed by atoms with Crippen LogP contribution < -0.4 is 5.32 Å². The third-order valence-corrected chi connectivity index (χ3v) is 1.19. The fourth-order valence-electron chi connectivity index (χ4n) is 0.293. The van der Waals surface area contributed by atoms with Crippen LogP contribution in [0.4, 0.5) is 0 Å². The Labute approximate surface area is 81.1 Å². The molecule has 0 spiro atoms. The van der Waals surface area contributed by atoms with Crippen LogP contribution in [0.25, 0.3) is 0 Å². The molecule has 80 valence electrons. The summed E-state index contributed by atoms with van der Waals surface area (Å²) < 4.78 is 31.6. The molecule has 0 heterocycles. The van der Waals surface area contributed by atoms with Crippen molar-refractivity contribution in [2.24, 2.45) is 0 Å². The lowest BCUT2D eigenvalue weighted by Gasteiger charge is -2.04. The molecule has 1 atom stereocenters. The van der Waals surface area contributed by atoms with Gasteiger partial charge in [-0.05, 0) is 7.05 Å². The van der Waals surface area contributed by atoms with Gasteiger partial charge in [-0.2, -0.15) is 21.0 Å². The summed E-state index contributed by atoms with van der Waals surface area (Å²) in [7, 11) is -3.07. The molecule has 0 fully saturated rings. The number of hydrogen-bond donors (Lipinski definition) is 5. The number of carbonyl (C=O) groups is 1. The average molecular weight is 233 g/mol. The van der Waals surface area contributed by atoms with E-state index in [1.54, 1.807) is 7.05 Å². The van der Waals surface area contributed by atoms with E-state index in [9.17, 15) is 4.79 Å². The first kappa shape index (κ1) is 15.1. The van der Waals surface area contributed by atoms with Gasteiger partial charge in [0.1, 0.15) is 6.04 Å². The molecule has 7 nitrogen and oxygen atoms in total. The Kier molecular flexibility index (Phi) is 8.26. The lowest BCUT2D eigenvalue weighted by molar-refractivity contribution is -0.138. The molecule has 0 aromatic carbocycles. The summed E-state index contributed by atoms with van der Waals surface area (Å²) in [6.07, 6.45) is 0. The number of carboxylic acid groups (broad SMARTS) is 1. The maximum Gasteiger partial charge on any atom is 0.394 e. The molecule has 0 saturated heterocycles. The minimum atomic E-state index is -4.67. The second-order valence-electron chi connectivity index (χ2n) is 1.81. The lowest BCUT2D eigenvalue weighted by Crippen LogP contribution is -2.35. The van der Waals surface area contributed by atoms with Crippen molar-refractivity contribution >= 4 is 29.0 Å². The molecule has 0 bridgehead atoms. The third-order valence-electron chi connectivity index (χ3n) is 0.829. The molecular weight excluding hydrogens is 222 g/mol. The zero-order valence-electron chi connectivity index (χ0n) is 6.71. The van der Waals surface area contributed by atoms with Crippen LogP contribution in [0.15, 0.2) is 0 Å². The Morgan fingerprint density at radius 1 is 1.54 bits per heavy atom. The second-order valence-corrected chi connectivity index (χ2v) is 3.07. The molecule has 9 heteroatoms. The lowest BCUT2D eigenvalue weighted by atomic mass is 10.3. The van der Waals surface area contributed by atoms with E-state index in [-0.39, 0.29) is 0 Å². The largest absolute Gasteiger partial charge is 0.480 e. The van der Waals surface area contributed by atoms with Crippen molar-refractivity contribution in [3.05, 3.63) is 0 Å². The van der Waals surface area contributed by atoms with Crippen LogP contribution in [0.1, 0.15) is 0 Å². The number of nitrogens with one attached hydrogen (secondary N) is 1. The number of rotatable bonds is 3. The molecule has 0 aliphatic rings. The topological polar surface area (TPSA) is 124 Å². The fourth-order valence-corrected chi connectivity index (χ4v) is 0.632. The molecule has 0 amide bonds. The van der Waals surface area contributed by atoms with Crippen molar-refractivity contribution in [2.75, 3.05) is 12.8 Å². The molecule has 0 aliphatic carbocycles. The van der Waals surface area contributed by atoms with E-state index in [1.807, 2.05) is 0 Å². The number of likely N-dealkylation sites (N-methyl/N-ethyl adjacent to an activating group) is 1. The smallest absolute Gasteiger partial charge is 0.394 e. The molecule has 4 N–H and O–H groups in total. The van der Waals surface area contributed by atoms with Gasteiger partial charge in [0, 0.05) is 5.75 Å². The maximum absolute atomic E-state index is 10.1. The number of hydrogen-bond acceptors (Lipinski definition) is 5. The highest BCUT2D eigenvalue weighted by molar-refractivity contribution is 7.80. The maximum atomic E-state index is 10.1. The number of thiol groups is 1. The zero-order chi connectivity index (χ0) is 11.1. The highest BCUT2D eigenvalue weighted by Crippen LogP contribution is 1.84. The summed E-state index contributed by atoms with van der Waals surface area (Å²) in [6, 6.07) is -0.515. The van der Waals surface area contributed by atoms with Crippen molar-refractivity contribution in [3.8, 4) is 0 Å². The molecule has 0 saturated carbocycles. The van der Waals surface area contributed by atoms with Crippen LogP contribution in [0.2, 0.25) is 0 Å². The van der Waals surface area contributed by atoms with E-state index in [4.69, 9.17) is 22.6 Å². The second kappa shape index (κ2) is 7.09. The molecule has 0 aromatic heterocycles. The van der Waals surface area contributed by atoms with Gasteiger partial charge in [-0.15, -0.1) is 0 Å². The Bertz CT molecular complexity index is 225. The van der Waals surface area contributed by atoms with Crippen LogP contribution in [0.3, 0.4) is 0 Å². The predicted molar refractivity (Wildman–Crippen MR) is 48.5 cm³/mol. The van der Waals surface area contributed by atoms with Crippen LogP contribution in [0.5, 0.6) is 0 Å². The first-order chi connectivity index (χ1) is 5.72. The van der Waals surface area contributed by atoms with E-state index in [1.165, 1.54) is 0 Å². The summed E-state index contributed by atoms with van der Waals surface area (Å²) in [6.45, 7) is 0. The Hall–Kier alpha value is -0.350. The zero-order valence-corrected chi connectivity index (χ0v) is 8.42. The van der Waals surface area contributed by atoms with Gasteiger partial charge >= 0.3 is 16.4 Å². The minimum Gasteiger partial charge on any atom is -0.480 e. The van der Waals surface area contributed by atoms with Gasteiger partial charge in [-0.1, -0.05) is 0 Å².